The van der Waals surface area contributed by atoms with Crippen molar-refractivity contribution in [1.29, 1.82) is 0 Å². The Hall–Kier alpha value is -1.03. The Bertz CT molecular complexity index is 723. The van der Waals surface area contributed by atoms with Gasteiger partial charge in [-0.25, -0.2) is 8.42 Å². The largest absolute Gasteiger partial charge is 0.359 e. The molecule has 0 amide bonds. The third kappa shape index (κ3) is 4.88. The van der Waals surface area contributed by atoms with E-state index in [4.69, 9.17) is 24.7 Å². The molecule has 1 saturated carbocycles. The third-order valence-electron chi connectivity index (χ3n) is 5.15. The number of hydrogen-bond acceptors (Lipinski definition) is 7. The smallest absolute Gasteiger partial charge is 0.182 e. The van der Waals surface area contributed by atoms with Gasteiger partial charge in [0.05, 0.1) is 28.9 Å². The van der Waals surface area contributed by atoms with Crippen LogP contribution in [0.15, 0.2) is 35.2 Å². The fourth-order valence-electron chi connectivity index (χ4n) is 3.55. The Morgan fingerprint density at radius 3 is 2.59 bits per heavy atom. The Kier molecular flexibility index (Phi) is 6.24. The van der Waals surface area contributed by atoms with Crippen molar-refractivity contribution in [3.63, 3.8) is 0 Å². The third-order valence-corrected chi connectivity index (χ3v) is 7.39. The lowest BCUT2D eigenvalue weighted by molar-refractivity contribution is -0.140. The second kappa shape index (κ2) is 8.14. The molecule has 0 aromatic heterocycles. The zero-order valence-electron chi connectivity index (χ0n) is 16.0. The van der Waals surface area contributed by atoms with Gasteiger partial charge in [-0.2, -0.15) is 0 Å². The molecule has 2 fully saturated rings. The Morgan fingerprint density at radius 1 is 1.30 bits per heavy atom. The highest BCUT2D eigenvalue weighted by molar-refractivity contribution is 7.92. The highest BCUT2D eigenvalue weighted by atomic mass is 32.2. The van der Waals surface area contributed by atoms with Gasteiger partial charge in [0.25, 0.3) is 0 Å². The molecule has 0 bridgehead atoms. The van der Waals surface area contributed by atoms with Gasteiger partial charge in [0.2, 0.25) is 0 Å². The van der Waals surface area contributed by atoms with Crippen molar-refractivity contribution in [1.82, 2.24) is 0 Å². The number of hydrogen-bond donors (Lipinski definition) is 1. The Labute approximate surface area is 161 Å². The molecule has 5 atom stereocenters. The molecule has 152 valence electrons. The van der Waals surface area contributed by atoms with Gasteiger partial charge >= 0.3 is 0 Å². The molecule has 27 heavy (non-hydrogen) atoms. The number of benzene rings is 1. The predicted molar refractivity (Wildman–Crippen MR) is 99.8 cm³/mol. The summed E-state index contributed by atoms with van der Waals surface area (Å²) < 4.78 is 48.6. The molecule has 8 heteroatoms. The van der Waals surface area contributed by atoms with E-state index in [0.717, 1.165) is 6.42 Å². The number of ether oxygens (including phenoxy) is 4. The minimum Gasteiger partial charge on any atom is -0.359 e. The fourth-order valence-corrected chi connectivity index (χ4v) is 5.52. The summed E-state index contributed by atoms with van der Waals surface area (Å²) in [5.41, 5.74) is 6.44. The molecule has 1 aliphatic heterocycles. The number of nitrogens with two attached hydrogens (primary N) is 1. The van der Waals surface area contributed by atoms with Crippen molar-refractivity contribution >= 4 is 9.84 Å². The first-order valence-electron chi connectivity index (χ1n) is 9.21. The van der Waals surface area contributed by atoms with Gasteiger partial charge in [0.15, 0.2) is 15.6 Å². The van der Waals surface area contributed by atoms with Gasteiger partial charge in [0, 0.05) is 7.11 Å². The van der Waals surface area contributed by atoms with Crippen LogP contribution in [-0.4, -0.2) is 58.2 Å². The summed E-state index contributed by atoms with van der Waals surface area (Å²) in [6.45, 7) is 4.09. The highest BCUT2D eigenvalue weighted by Crippen LogP contribution is 2.41. The van der Waals surface area contributed by atoms with E-state index >= 15 is 0 Å². The van der Waals surface area contributed by atoms with E-state index in [9.17, 15) is 8.42 Å². The molecule has 1 aliphatic carbocycles. The lowest BCUT2D eigenvalue weighted by Crippen LogP contribution is -2.50. The summed E-state index contributed by atoms with van der Waals surface area (Å²) in [4.78, 5) is 0.277. The van der Waals surface area contributed by atoms with Gasteiger partial charge < -0.3 is 24.7 Å². The van der Waals surface area contributed by atoms with Gasteiger partial charge in [-0.15, -0.1) is 0 Å². The van der Waals surface area contributed by atoms with Crippen molar-refractivity contribution < 1.29 is 27.4 Å². The number of methoxy groups -OCH3 is 1. The van der Waals surface area contributed by atoms with Crippen LogP contribution in [0.4, 0.5) is 0 Å². The zero-order valence-corrected chi connectivity index (χ0v) is 16.9. The first kappa shape index (κ1) is 20.7. The lowest BCUT2D eigenvalue weighted by Gasteiger charge is -2.28. The summed E-state index contributed by atoms with van der Waals surface area (Å²) in [7, 11) is -2.06. The quantitative estimate of drug-likeness (QED) is 0.631. The van der Waals surface area contributed by atoms with Crippen LogP contribution >= 0.6 is 0 Å². The van der Waals surface area contributed by atoms with Crippen molar-refractivity contribution in [3.05, 3.63) is 30.3 Å². The van der Waals surface area contributed by atoms with Crippen LogP contribution in [0.3, 0.4) is 0 Å². The number of sulfone groups is 1. The molecular formula is C19H29NO6S. The van der Waals surface area contributed by atoms with Crippen LogP contribution in [-0.2, 0) is 28.8 Å². The molecule has 0 spiro atoms. The van der Waals surface area contributed by atoms with Gasteiger partial charge in [-0.1, -0.05) is 18.2 Å². The van der Waals surface area contributed by atoms with Crippen LogP contribution in [0.5, 0.6) is 0 Å². The topological polar surface area (TPSA) is 97.1 Å². The SMILES string of the molecule is COCO[C@@H]1CC1CC(C(N)[C@H]1COC(C)(C)O1)S(=O)(=O)c1ccccc1. The second-order valence-electron chi connectivity index (χ2n) is 7.68. The maximum atomic E-state index is 13.3. The molecule has 7 nitrogen and oxygen atoms in total. The molecule has 0 radical (unpaired) electrons. The van der Waals surface area contributed by atoms with Gasteiger partial charge in [-0.3, -0.25) is 0 Å². The average Bonchev–Trinajstić information content (AvgIpc) is 3.29. The lowest BCUT2D eigenvalue weighted by atomic mass is 10.0. The van der Waals surface area contributed by atoms with E-state index in [0.29, 0.717) is 6.42 Å². The van der Waals surface area contributed by atoms with Crippen molar-refractivity contribution in [2.24, 2.45) is 11.7 Å². The molecule has 1 aromatic carbocycles. The molecule has 3 rings (SSSR count). The summed E-state index contributed by atoms with van der Waals surface area (Å²) in [6, 6.07) is 7.75. The Balaban J connectivity index is 1.79. The fraction of sp³-hybridized carbons (Fsp3) is 0.684. The van der Waals surface area contributed by atoms with E-state index < -0.39 is 33.0 Å². The molecule has 2 N–H and O–H groups in total. The van der Waals surface area contributed by atoms with Crippen LogP contribution in [0.2, 0.25) is 0 Å². The van der Waals surface area contributed by atoms with Crippen LogP contribution in [0, 0.1) is 5.92 Å². The van der Waals surface area contributed by atoms with E-state index in [1.807, 2.05) is 0 Å². The van der Waals surface area contributed by atoms with Crippen LogP contribution < -0.4 is 5.73 Å². The van der Waals surface area contributed by atoms with Crippen LogP contribution in [0.25, 0.3) is 0 Å². The van der Waals surface area contributed by atoms with E-state index in [1.54, 1.807) is 51.3 Å². The van der Waals surface area contributed by atoms with E-state index in [2.05, 4.69) is 0 Å². The zero-order chi connectivity index (χ0) is 19.7. The first-order chi connectivity index (χ1) is 12.7. The van der Waals surface area contributed by atoms with Gasteiger partial charge in [-0.05, 0) is 44.7 Å². The van der Waals surface area contributed by atoms with Crippen molar-refractivity contribution in [2.75, 3.05) is 20.5 Å². The van der Waals surface area contributed by atoms with Crippen molar-refractivity contribution in [2.45, 2.75) is 60.9 Å². The summed E-state index contributed by atoms with van der Waals surface area (Å²) >= 11 is 0. The van der Waals surface area contributed by atoms with Crippen LogP contribution in [0.1, 0.15) is 26.7 Å². The van der Waals surface area contributed by atoms with E-state index in [-0.39, 0.29) is 30.3 Å². The van der Waals surface area contributed by atoms with E-state index in [1.165, 1.54) is 0 Å². The molecular weight excluding hydrogens is 370 g/mol. The maximum absolute atomic E-state index is 13.3. The minimum absolute atomic E-state index is 0.0165. The summed E-state index contributed by atoms with van der Waals surface area (Å²) in [5, 5.41) is -0.774. The van der Waals surface area contributed by atoms with Crippen molar-refractivity contribution in [3.8, 4) is 0 Å². The Morgan fingerprint density at radius 2 is 2.00 bits per heavy atom. The molecule has 1 aromatic rings. The highest BCUT2D eigenvalue weighted by Gasteiger charge is 2.48. The van der Waals surface area contributed by atoms with Gasteiger partial charge in [0.1, 0.15) is 12.9 Å². The molecule has 3 unspecified atom stereocenters. The predicted octanol–water partition coefficient (Wildman–Crippen LogP) is 1.71. The molecule has 1 heterocycles. The first-order valence-corrected chi connectivity index (χ1v) is 10.8. The standard InChI is InChI=1S/C19H29NO6S/c1-19(2)25-11-16(26-19)18(20)17(10-13-9-15(13)24-12-23-3)27(21,22)14-7-5-4-6-8-14/h4-8,13,15-18H,9-12,20H2,1-3H3/t13?,15-,16-,17?,18?/m1/s1. The maximum Gasteiger partial charge on any atom is 0.182 e. The summed E-state index contributed by atoms with van der Waals surface area (Å²) in [6.07, 6.45) is 0.778. The number of rotatable bonds is 9. The minimum atomic E-state index is -3.62. The molecule has 2 aliphatic rings. The molecule has 1 saturated heterocycles. The normalized spacial score (nSPS) is 29.4. The summed E-state index contributed by atoms with van der Waals surface area (Å²) in [5.74, 6) is -0.613. The average molecular weight is 400 g/mol. The monoisotopic (exact) mass is 399 g/mol. The second-order valence-corrected chi connectivity index (χ2v) is 9.85.